The molecule has 1 N–H and O–H groups in total. The third-order valence-electron chi connectivity index (χ3n) is 4.65. The molecule has 0 aromatic heterocycles. The number of rotatable bonds is 6. The Morgan fingerprint density at radius 1 is 1.24 bits per heavy atom. The summed E-state index contributed by atoms with van der Waals surface area (Å²) in [4.78, 5) is 4.79. The van der Waals surface area contributed by atoms with Gasteiger partial charge in [0.25, 0.3) is 0 Å². The summed E-state index contributed by atoms with van der Waals surface area (Å²) >= 11 is 1.91. The van der Waals surface area contributed by atoms with Gasteiger partial charge >= 0.3 is 0 Å². The van der Waals surface area contributed by atoms with E-state index in [4.69, 9.17) is 4.99 Å². The molecule has 0 radical (unpaired) electrons. The molecule has 2 nitrogen and oxygen atoms in total. The van der Waals surface area contributed by atoms with Crippen LogP contribution in [0.25, 0.3) is 0 Å². The molecule has 0 aliphatic carbocycles. The highest BCUT2D eigenvalue weighted by Crippen LogP contribution is 2.34. The minimum atomic E-state index is 0.434. The fourth-order valence-corrected chi connectivity index (χ4v) is 4.01. The van der Waals surface area contributed by atoms with E-state index in [1.54, 1.807) is 0 Å². The summed E-state index contributed by atoms with van der Waals surface area (Å²) in [5, 5.41) is 4.73. The van der Waals surface area contributed by atoms with Crippen LogP contribution in [0.3, 0.4) is 0 Å². The van der Waals surface area contributed by atoms with Crippen molar-refractivity contribution in [3.63, 3.8) is 0 Å². The highest BCUT2D eigenvalue weighted by Gasteiger charge is 2.30. The molecule has 21 heavy (non-hydrogen) atoms. The molecule has 0 saturated heterocycles. The number of thioether (sulfide) groups is 1. The van der Waals surface area contributed by atoms with Crippen LogP contribution < -0.4 is 5.32 Å². The molecular formula is C18H28N2S. The topological polar surface area (TPSA) is 24.4 Å². The predicted octanol–water partition coefficient (Wildman–Crippen LogP) is 4.51. The average Bonchev–Trinajstić information content (AvgIpc) is 2.55. The Kier molecular flexibility index (Phi) is 6.16. The molecule has 0 saturated carbocycles. The molecule has 0 spiro atoms. The predicted molar refractivity (Wildman–Crippen MR) is 95.1 cm³/mol. The number of hydrogen-bond acceptors (Lipinski definition) is 3. The molecule has 1 aromatic rings. The van der Waals surface area contributed by atoms with Crippen molar-refractivity contribution < 1.29 is 0 Å². The lowest BCUT2D eigenvalue weighted by Gasteiger charge is -2.34. The second-order valence-corrected chi connectivity index (χ2v) is 7.15. The highest BCUT2D eigenvalue weighted by atomic mass is 32.2. The van der Waals surface area contributed by atoms with Gasteiger partial charge < -0.3 is 5.32 Å². The van der Waals surface area contributed by atoms with Gasteiger partial charge in [0.05, 0.1) is 0 Å². The van der Waals surface area contributed by atoms with E-state index in [0.29, 0.717) is 11.5 Å². The molecule has 1 aliphatic heterocycles. The summed E-state index contributed by atoms with van der Waals surface area (Å²) in [6, 6.07) is 11.2. The van der Waals surface area contributed by atoms with E-state index >= 15 is 0 Å². The molecule has 1 heterocycles. The van der Waals surface area contributed by atoms with Gasteiger partial charge in [-0.05, 0) is 43.6 Å². The number of benzene rings is 1. The molecule has 1 aliphatic rings. The van der Waals surface area contributed by atoms with E-state index in [0.717, 1.165) is 24.6 Å². The quantitative estimate of drug-likeness (QED) is 0.836. The van der Waals surface area contributed by atoms with E-state index in [2.05, 4.69) is 56.4 Å². The van der Waals surface area contributed by atoms with Crippen molar-refractivity contribution in [2.24, 2.45) is 10.4 Å². The lowest BCUT2D eigenvalue weighted by atomic mass is 9.84. The minimum absolute atomic E-state index is 0.434. The van der Waals surface area contributed by atoms with Gasteiger partial charge in [0.1, 0.15) is 0 Å². The molecule has 0 fully saturated rings. The van der Waals surface area contributed by atoms with Crippen LogP contribution in [-0.4, -0.2) is 23.5 Å². The Hall–Kier alpha value is -0.960. The first-order valence-electron chi connectivity index (χ1n) is 8.15. The van der Waals surface area contributed by atoms with Crippen LogP contribution >= 0.6 is 11.8 Å². The molecule has 3 heteroatoms. The smallest absolute Gasteiger partial charge is 0.156 e. The number of aliphatic imine (C=N–C) groups is 1. The molecular weight excluding hydrogens is 276 g/mol. The van der Waals surface area contributed by atoms with E-state index in [-0.39, 0.29) is 0 Å². The van der Waals surface area contributed by atoms with Crippen molar-refractivity contribution in [3.05, 3.63) is 35.9 Å². The second kappa shape index (κ2) is 7.88. The van der Waals surface area contributed by atoms with Crippen molar-refractivity contribution in [3.8, 4) is 0 Å². The van der Waals surface area contributed by atoms with Crippen LogP contribution in [0, 0.1) is 5.41 Å². The zero-order valence-corrected chi connectivity index (χ0v) is 14.4. The van der Waals surface area contributed by atoms with Gasteiger partial charge in [-0.2, -0.15) is 0 Å². The molecule has 1 unspecified atom stereocenters. The van der Waals surface area contributed by atoms with E-state index < -0.39 is 0 Å². The number of aryl methyl sites for hydroxylation is 1. The lowest BCUT2D eigenvalue weighted by molar-refractivity contribution is 0.318. The lowest BCUT2D eigenvalue weighted by Crippen LogP contribution is -2.38. The molecule has 0 amide bonds. The van der Waals surface area contributed by atoms with E-state index in [1.807, 2.05) is 11.8 Å². The third kappa shape index (κ3) is 4.77. The van der Waals surface area contributed by atoms with Crippen LogP contribution in [0.4, 0.5) is 0 Å². The zero-order valence-electron chi connectivity index (χ0n) is 13.6. The summed E-state index contributed by atoms with van der Waals surface area (Å²) in [7, 11) is 0. The van der Waals surface area contributed by atoms with Gasteiger partial charge in [-0.15, -0.1) is 0 Å². The van der Waals surface area contributed by atoms with Gasteiger partial charge in [-0.1, -0.05) is 55.9 Å². The number of nitrogens with one attached hydrogen (secondary N) is 1. The zero-order chi connectivity index (χ0) is 15.1. The van der Waals surface area contributed by atoms with Crippen molar-refractivity contribution in [2.45, 2.75) is 52.5 Å². The third-order valence-corrected chi connectivity index (χ3v) is 5.93. The Labute approximate surface area is 133 Å². The van der Waals surface area contributed by atoms with Crippen LogP contribution in [0.1, 0.15) is 45.6 Å². The van der Waals surface area contributed by atoms with Crippen molar-refractivity contribution in [1.29, 1.82) is 0 Å². The maximum atomic E-state index is 4.79. The van der Waals surface area contributed by atoms with Crippen molar-refractivity contribution in [2.75, 3.05) is 12.3 Å². The number of amidine groups is 1. The first kappa shape index (κ1) is 16.4. The largest absolute Gasteiger partial charge is 0.362 e. The fraction of sp³-hybridized carbons (Fsp3) is 0.611. The fourth-order valence-electron chi connectivity index (χ4n) is 2.63. The van der Waals surface area contributed by atoms with Gasteiger partial charge in [-0.25, -0.2) is 0 Å². The maximum Gasteiger partial charge on any atom is 0.156 e. The minimum Gasteiger partial charge on any atom is -0.362 e. The Morgan fingerprint density at radius 3 is 2.52 bits per heavy atom. The summed E-state index contributed by atoms with van der Waals surface area (Å²) in [5.74, 6) is 1.21. The van der Waals surface area contributed by atoms with Crippen LogP contribution in [0.2, 0.25) is 0 Å². The van der Waals surface area contributed by atoms with Crippen molar-refractivity contribution in [1.82, 2.24) is 5.32 Å². The van der Waals surface area contributed by atoms with Gasteiger partial charge in [0.15, 0.2) is 5.17 Å². The van der Waals surface area contributed by atoms with Gasteiger partial charge in [0, 0.05) is 18.3 Å². The number of nitrogens with zero attached hydrogens (tertiary/aromatic N) is 1. The monoisotopic (exact) mass is 304 g/mol. The maximum absolute atomic E-state index is 4.79. The van der Waals surface area contributed by atoms with Gasteiger partial charge in [0.2, 0.25) is 0 Å². The molecule has 2 rings (SSSR count). The summed E-state index contributed by atoms with van der Waals surface area (Å²) in [5.41, 5.74) is 1.85. The standard InChI is InChI=1S/C18H28N2S/c1-4-18(5-2)13-19-17(21-14-18)20-15(3)11-12-16-9-7-6-8-10-16/h6-10,15H,4-5,11-14H2,1-3H3,(H,19,20). The van der Waals surface area contributed by atoms with E-state index in [9.17, 15) is 0 Å². The highest BCUT2D eigenvalue weighted by molar-refractivity contribution is 8.13. The summed E-state index contributed by atoms with van der Waals surface area (Å²) < 4.78 is 0. The summed E-state index contributed by atoms with van der Waals surface area (Å²) in [6.45, 7) is 7.83. The normalized spacial score (nSPS) is 18.9. The second-order valence-electron chi connectivity index (χ2n) is 6.19. The summed E-state index contributed by atoms with van der Waals surface area (Å²) in [6.07, 6.45) is 4.74. The van der Waals surface area contributed by atoms with E-state index in [1.165, 1.54) is 24.2 Å². The van der Waals surface area contributed by atoms with Gasteiger partial charge in [-0.3, -0.25) is 4.99 Å². The SMILES string of the molecule is CCC1(CC)CN=C(NC(C)CCc2ccccc2)SC1. The Balaban J connectivity index is 1.78. The van der Waals surface area contributed by atoms with Crippen LogP contribution in [0.15, 0.2) is 35.3 Å². The molecule has 0 bridgehead atoms. The van der Waals surface area contributed by atoms with Crippen molar-refractivity contribution >= 4 is 16.9 Å². The Morgan fingerprint density at radius 2 is 1.95 bits per heavy atom. The molecule has 116 valence electrons. The van der Waals surface area contributed by atoms with Crippen LogP contribution in [0.5, 0.6) is 0 Å². The molecule has 1 aromatic carbocycles. The molecule has 1 atom stereocenters. The average molecular weight is 305 g/mol. The van der Waals surface area contributed by atoms with Crippen LogP contribution in [-0.2, 0) is 6.42 Å². The Bertz CT molecular complexity index is 452. The number of hydrogen-bond donors (Lipinski definition) is 1. The first-order valence-corrected chi connectivity index (χ1v) is 9.14. The first-order chi connectivity index (χ1) is 10.2.